The lowest BCUT2D eigenvalue weighted by atomic mass is 10.0. The monoisotopic (exact) mass is 268 g/mol. The molecule has 2 N–H and O–H groups in total. The van der Waals surface area contributed by atoms with E-state index in [0.717, 1.165) is 6.42 Å². The van der Waals surface area contributed by atoms with Crippen molar-refractivity contribution in [3.8, 4) is 0 Å². The zero-order chi connectivity index (χ0) is 13.1. The highest BCUT2D eigenvalue weighted by molar-refractivity contribution is 6.33. The first-order chi connectivity index (χ1) is 8.59. The summed E-state index contributed by atoms with van der Waals surface area (Å²) >= 11 is 5.86. The molecule has 2 atom stereocenters. The molecule has 1 aromatic rings. The van der Waals surface area contributed by atoms with Crippen LogP contribution >= 0.6 is 11.6 Å². The molecule has 1 fully saturated rings. The molecule has 6 heteroatoms. The Hall–Kier alpha value is -1.62. The molecule has 18 heavy (non-hydrogen) atoms. The molecule has 1 heterocycles. The van der Waals surface area contributed by atoms with E-state index < -0.39 is 11.9 Å². The van der Waals surface area contributed by atoms with Crippen molar-refractivity contribution in [1.82, 2.24) is 10.3 Å². The molecular weight excluding hydrogens is 256 g/mol. The van der Waals surface area contributed by atoms with Gasteiger partial charge in [0.15, 0.2) is 0 Å². The third-order valence-corrected chi connectivity index (χ3v) is 3.47. The van der Waals surface area contributed by atoms with Gasteiger partial charge in [0.25, 0.3) is 5.91 Å². The minimum Gasteiger partial charge on any atom is -0.481 e. The molecule has 1 aliphatic carbocycles. The number of carbonyl (C=O) groups excluding carboxylic acids is 1. The Morgan fingerprint density at radius 3 is 2.89 bits per heavy atom. The van der Waals surface area contributed by atoms with Crippen molar-refractivity contribution in [2.45, 2.75) is 25.3 Å². The zero-order valence-corrected chi connectivity index (χ0v) is 10.4. The predicted molar refractivity (Wildman–Crippen MR) is 65.5 cm³/mol. The number of amides is 1. The van der Waals surface area contributed by atoms with Gasteiger partial charge in [-0.05, 0) is 18.9 Å². The largest absolute Gasteiger partial charge is 0.481 e. The lowest BCUT2D eigenvalue weighted by Crippen LogP contribution is -2.40. The number of rotatable bonds is 3. The van der Waals surface area contributed by atoms with Crippen molar-refractivity contribution >= 4 is 23.5 Å². The lowest BCUT2D eigenvalue weighted by Gasteiger charge is -2.17. The Kier molecular flexibility index (Phi) is 3.81. The minimum atomic E-state index is -0.862. The van der Waals surface area contributed by atoms with Gasteiger partial charge in [-0.1, -0.05) is 18.0 Å². The van der Waals surface area contributed by atoms with Gasteiger partial charge in [0.2, 0.25) is 0 Å². The van der Waals surface area contributed by atoms with Crippen molar-refractivity contribution in [1.29, 1.82) is 0 Å². The number of halogens is 1. The fourth-order valence-corrected chi connectivity index (χ4v) is 2.44. The summed E-state index contributed by atoms with van der Waals surface area (Å²) in [5, 5.41) is 12.0. The molecule has 0 aliphatic heterocycles. The van der Waals surface area contributed by atoms with Crippen LogP contribution < -0.4 is 5.32 Å². The van der Waals surface area contributed by atoms with E-state index in [1.807, 2.05) is 0 Å². The maximum atomic E-state index is 12.0. The zero-order valence-electron chi connectivity index (χ0n) is 9.60. The summed E-state index contributed by atoms with van der Waals surface area (Å²) in [6.45, 7) is 0. The van der Waals surface area contributed by atoms with Gasteiger partial charge in [-0.3, -0.25) is 14.6 Å². The van der Waals surface area contributed by atoms with Crippen LogP contribution in [0.2, 0.25) is 5.02 Å². The van der Waals surface area contributed by atoms with Crippen LogP contribution in [0.3, 0.4) is 0 Å². The van der Waals surface area contributed by atoms with Crippen LogP contribution in [0.1, 0.15) is 29.6 Å². The first-order valence-electron chi connectivity index (χ1n) is 5.73. The molecule has 96 valence electrons. The second kappa shape index (κ2) is 5.35. The summed E-state index contributed by atoms with van der Waals surface area (Å²) in [6, 6.07) is 1.20. The first-order valence-corrected chi connectivity index (χ1v) is 6.10. The minimum absolute atomic E-state index is 0.264. The molecule has 5 nitrogen and oxygen atoms in total. The Morgan fingerprint density at radius 1 is 1.44 bits per heavy atom. The predicted octanol–water partition coefficient (Wildman–Crippen LogP) is 1.72. The van der Waals surface area contributed by atoms with Gasteiger partial charge in [-0.2, -0.15) is 0 Å². The molecule has 0 saturated heterocycles. The number of hydrogen-bond acceptors (Lipinski definition) is 3. The second-order valence-corrected chi connectivity index (χ2v) is 4.72. The highest BCUT2D eigenvalue weighted by atomic mass is 35.5. The Morgan fingerprint density at radius 2 is 2.22 bits per heavy atom. The number of aliphatic carboxylic acids is 1. The highest BCUT2D eigenvalue weighted by Crippen LogP contribution is 2.26. The normalized spacial score (nSPS) is 22.7. The van der Waals surface area contributed by atoms with Crippen molar-refractivity contribution in [3.05, 3.63) is 29.0 Å². The number of carbonyl (C=O) groups is 2. The van der Waals surface area contributed by atoms with Crippen LogP contribution in [0.4, 0.5) is 0 Å². The maximum Gasteiger partial charge on any atom is 0.308 e. The van der Waals surface area contributed by atoms with E-state index in [1.165, 1.54) is 18.5 Å². The molecule has 0 aromatic carbocycles. The van der Waals surface area contributed by atoms with Crippen molar-refractivity contribution in [2.75, 3.05) is 0 Å². The average Bonchev–Trinajstić information content (AvgIpc) is 2.77. The molecule has 1 saturated carbocycles. The van der Waals surface area contributed by atoms with Gasteiger partial charge in [0.05, 0.1) is 16.5 Å². The number of carboxylic acids is 1. The Labute approximate surface area is 109 Å². The first kappa shape index (κ1) is 12.8. The van der Waals surface area contributed by atoms with Crippen LogP contribution in [0.15, 0.2) is 18.5 Å². The van der Waals surface area contributed by atoms with Crippen LogP contribution in [-0.2, 0) is 4.79 Å². The van der Waals surface area contributed by atoms with E-state index >= 15 is 0 Å². The molecule has 0 spiro atoms. The number of hydrogen-bond donors (Lipinski definition) is 2. The average molecular weight is 269 g/mol. The Bertz CT molecular complexity index is 478. The summed E-state index contributed by atoms with van der Waals surface area (Å²) in [5.74, 6) is -1.71. The van der Waals surface area contributed by atoms with Crippen molar-refractivity contribution in [3.63, 3.8) is 0 Å². The van der Waals surface area contributed by atoms with Crippen LogP contribution in [0.25, 0.3) is 0 Å². The fourth-order valence-electron chi connectivity index (χ4n) is 2.23. The molecular formula is C12H13ClN2O3. The molecule has 1 aromatic heterocycles. The van der Waals surface area contributed by atoms with E-state index in [0.29, 0.717) is 18.4 Å². The molecule has 1 amide bonds. The smallest absolute Gasteiger partial charge is 0.308 e. The maximum absolute atomic E-state index is 12.0. The third kappa shape index (κ3) is 2.61. The van der Waals surface area contributed by atoms with Gasteiger partial charge in [-0.15, -0.1) is 0 Å². The lowest BCUT2D eigenvalue weighted by molar-refractivity contribution is -0.142. The standard InChI is InChI=1S/C12H13ClN2O3/c13-9-6-14-5-4-7(9)11(16)15-10-3-1-2-8(10)12(17)18/h4-6,8,10H,1-3H2,(H,15,16)(H,17,18)/t8-,10+/m1/s1. The summed E-state index contributed by atoms with van der Waals surface area (Å²) in [7, 11) is 0. The van der Waals surface area contributed by atoms with Gasteiger partial charge in [-0.25, -0.2) is 0 Å². The summed E-state index contributed by atoms with van der Waals surface area (Å²) in [6.07, 6.45) is 4.96. The number of aromatic nitrogens is 1. The molecule has 1 aliphatic rings. The summed E-state index contributed by atoms with van der Waals surface area (Å²) in [4.78, 5) is 26.8. The van der Waals surface area contributed by atoms with Crippen LogP contribution in [0, 0.1) is 5.92 Å². The van der Waals surface area contributed by atoms with Gasteiger partial charge in [0.1, 0.15) is 0 Å². The third-order valence-electron chi connectivity index (χ3n) is 3.17. The van der Waals surface area contributed by atoms with Gasteiger partial charge in [0, 0.05) is 18.4 Å². The second-order valence-electron chi connectivity index (χ2n) is 4.31. The van der Waals surface area contributed by atoms with Crippen LogP contribution in [0.5, 0.6) is 0 Å². The molecule has 0 unspecified atom stereocenters. The number of nitrogens with zero attached hydrogens (tertiary/aromatic N) is 1. The SMILES string of the molecule is O=C(N[C@H]1CCC[C@H]1C(=O)O)c1ccncc1Cl. The number of pyridine rings is 1. The number of nitrogens with one attached hydrogen (secondary N) is 1. The molecule has 0 radical (unpaired) electrons. The summed E-state index contributed by atoms with van der Waals surface area (Å²) in [5.41, 5.74) is 0.322. The van der Waals surface area contributed by atoms with Crippen molar-refractivity contribution in [2.24, 2.45) is 5.92 Å². The topological polar surface area (TPSA) is 79.3 Å². The highest BCUT2D eigenvalue weighted by Gasteiger charge is 2.34. The van der Waals surface area contributed by atoms with E-state index in [9.17, 15) is 9.59 Å². The van der Waals surface area contributed by atoms with E-state index in [1.54, 1.807) is 0 Å². The number of carboxylic acid groups (broad SMARTS) is 1. The van der Waals surface area contributed by atoms with Crippen LogP contribution in [-0.4, -0.2) is 28.0 Å². The summed E-state index contributed by atoms with van der Waals surface area (Å²) < 4.78 is 0. The fraction of sp³-hybridized carbons (Fsp3) is 0.417. The van der Waals surface area contributed by atoms with Gasteiger partial charge >= 0.3 is 5.97 Å². The molecule has 2 rings (SSSR count). The molecule has 0 bridgehead atoms. The Balaban J connectivity index is 2.08. The quantitative estimate of drug-likeness (QED) is 0.875. The van der Waals surface area contributed by atoms with Gasteiger partial charge < -0.3 is 10.4 Å². The van der Waals surface area contributed by atoms with E-state index in [4.69, 9.17) is 16.7 Å². The van der Waals surface area contributed by atoms with E-state index in [-0.39, 0.29) is 17.0 Å². The van der Waals surface area contributed by atoms with Crippen molar-refractivity contribution < 1.29 is 14.7 Å². The van der Waals surface area contributed by atoms with E-state index in [2.05, 4.69) is 10.3 Å².